The first-order valence-electron chi connectivity index (χ1n) is 5.20. The molecule has 2 N–H and O–H groups in total. The number of hydrogen-bond donors (Lipinski definition) is 2. The van der Waals surface area contributed by atoms with Crippen LogP contribution in [0.3, 0.4) is 0 Å². The van der Waals surface area contributed by atoms with E-state index in [0.29, 0.717) is 0 Å². The molecule has 0 bridgehead atoms. The molecule has 94 valence electrons. The summed E-state index contributed by atoms with van der Waals surface area (Å²) >= 11 is 5.46. The number of alkyl halides is 1. The average Bonchev–Trinajstić information content (AvgIpc) is 2.28. The summed E-state index contributed by atoms with van der Waals surface area (Å²) < 4.78 is 13.0. The Balaban J connectivity index is 3.08. The third-order valence-electron chi connectivity index (χ3n) is 2.48. The second kappa shape index (κ2) is 6.10. The molecule has 0 saturated heterocycles. The molecule has 0 radical (unpaired) electrons. The molecule has 0 saturated carbocycles. The third-order valence-corrected chi connectivity index (χ3v) is 2.70. The van der Waals surface area contributed by atoms with Crippen LogP contribution in [0.25, 0.3) is 0 Å². The number of carbonyl (C=O) groups excluding carboxylic acids is 1. The summed E-state index contributed by atoms with van der Waals surface area (Å²) in [7, 11) is 0. The average molecular weight is 261 g/mol. The second-order valence-corrected chi connectivity index (χ2v) is 4.16. The van der Waals surface area contributed by atoms with Gasteiger partial charge in [-0.1, -0.05) is 6.07 Å². The van der Waals surface area contributed by atoms with E-state index in [1.54, 1.807) is 0 Å². The maximum Gasteiger partial charge on any atom is 0.160 e. The van der Waals surface area contributed by atoms with Crippen molar-refractivity contribution in [2.24, 2.45) is 0 Å². The SMILES string of the molecule is CC(=O)c1cc(F)ccc1C(O)C(O)CCCl. The second-order valence-electron chi connectivity index (χ2n) is 3.78. The molecule has 1 aromatic carbocycles. The van der Waals surface area contributed by atoms with Crippen LogP contribution in [0, 0.1) is 5.82 Å². The molecule has 0 aliphatic carbocycles. The van der Waals surface area contributed by atoms with Crippen LogP contribution >= 0.6 is 11.6 Å². The van der Waals surface area contributed by atoms with Gasteiger partial charge in [0.1, 0.15) is 11.9 Å². The van der Waals surface area contributed by atoms with Gasteiger partial charge in [-0.25, -0.2) is 4.39 Å². The molecule has 1 rings (SSSR count). The first kappa shape index (κ1) is 14.1. The highest BCUT2D eigenvalue weighted by molar-refractivity contribution is 6.17. The maximum atomic E-state index is 13.0. The quantitative estimate of drug-likeness (QED) is 0.629. The van der Waals surface area contributed by atoms with Crippen LogP contribution in [0.5, 0.6) is 0 Å². The van der Waals surface area contributed by atoms with Crippen molar-refractivity contribution >= 4 is 17.4 Å². The summed E-state index contributed by atoms with van der Waals surface area (Å²) in [5, 5.41) is 19.5. The Labute approximate surface area is 104 Å². The summed E-state index contributed by atoms with van der Waals surface area (Å²) in [6.45, 7) is 1.28. The Morgan fingerprint density at radius 1 is 1.47 bits per heavy atom. The van der Waals surface area contributed by atoms with Gasteiger partial charge < -0.3 is 10.2 Å². The summed E-state index contributed by atoms with van der Waals surface area (Å²) in [5.41, 5.74) is 0.294. The van der Waals surface area contributed by atoms with Crippen molar-refractivity contribution in [1.29, 1.82) is 0 Å². The number of ketones is 1. The number of Topliss-reactive ketones (excluding diaryl/α,β-unsaturated/α-hetero) is 1. The van der Waals surface area contributed by atoms with Gasteiger partial charge in [0.05, 0.1) is 6.10 Å². The zero-order valence-corrected chi connectivity index (χ0v) is 10.1. The van der Waals surface area contributed by atoms with Gasteiger partial charge in [0.15, 0.2) is 5.78 Å². The molecule has 0 aromatic heterocycles. The fraction of sp³-hybridized carbons (Fsp3) is 0.417. The highest BCUT2D eigenvalue weighted by atomic mass is 35.5. The topological polar surface area (TPSA) is 57.5 Å². The predicted molar refractivity (Wildman–Crippen MR) is 62.7 cm³/mol. The lowest BCUT2D eigenvalue weighted by Gasteiger charge is -2.19. The van der Waals surface area contributed by atoms with Crippen molar-refractivity contribution < 1.29 is 19.4 Å². The van der Waals surface area contributed by atoms with Crippen LogP contribution in [0.4, 0.5) is 4.39 Å². The number of halogens is 2. The number of benzene rings is 1. The molecule has 0 aliphatic heterocycles. The highest BCUT2D eigenvalue weighted by Gasteiger charge is 2.22. The van der Waals surface area contributed by atoms with E-state index in [1.165, 1.54) is 13.0 Å². The van der Waals surface area contributed by atoms with Gasteiger partial charge in [-0.3, -0.25) is 4.79 Å². The van der Waals surface area contributed by atoms with Gasteiger partial charge in [-0.05, 0) is 31.0 Å². The maximum absolute atomic E-state index is 13.0. The van der Waals surface area contributed by atoms with Crippen LogP contribution in [0.1, 0.15) is 35.4 Å². The lowest BCUT2D eigenvalue weighted by atomic mass is 9.95. The Bertz CT molecular complexity index is 409. The van der Waals surface area contributed by atoms with Crippen LogP contribution in [0.2, 0.25) is 0 Å². The first-order valence-corrected chi connectivity index (χ1v) is 5.73. The van der Waals surface area contributed by atoms with Gasteiger partial charge in [-0.2, -0.15) is 0 Å². The Kier molecular flexibility index (Phi) is 5.05. The van der Waals surface area contributed by atoms with Crippen molar-refractivity contribution in [2.75, 3.05) is 5.88 Å². The Morgan fingerprint density at radius 3 is 2.65 bits per heavy atom. The summed E-state index contributed by atoms with van der Waals surface area (Å²) in [4.78, 5) is 11.3. The molecule has 2 unspecified atom stereocenters. The van der Waals surface area contributed by atoms with Crippen molar-refractivity contribution in [1.82, 2.24) is 0 Å². The standard InChI is InChI=1S/C12H14ClFO3/c1-7(15)10-6-8(14)2-3-9(10)12(17)11(16)4-5-13/h2-3,6,11-12,16-17H,4-5H2,1H3. The molecule has 0 aliphatic rings. The molecule has 1 aromatic rings. The van der Waals surface area contributed by atoms with Crippen LogP contribution < -0.4 is 0 Å². The molecule has 0 spiro atoms. The van der Waals surface area contributed by atoms with E-state index < -0.39 is 18.0 Å². The molecule has 2 atom stereocenters. The number of aliphatic hydroxyl groups is 2. The van der Waals surface area contributed by atoms with Gasteiger partial charge >= 0.3 is 0 Å². The van der Waals surface area contributed by atoms with Gasteiger partial charge in [0.2, 0.25) is 0 Å². The normalized spacial score (nSPS) is 14.4. The fourth-order valence-corrected chi connectivity index (χ4v) is 1.79. The molecular formula is C12H14ClFO3. The highest BCUT2D eigenvalue weighted by Crippen LogP contribution is 2.24. The van der Waals surface area contributed by atoms with E-state index in [0.717, 1.165) is 12.1 Å². The van der Waals surface area contributed by atoms with Crippen molar-refractivity contribution in [3.05, 3.63) is 35.1 Å². The number of aliphatic hydroxyl groups excluding tert-OH is 2. The molecule has 0 fully saturated rings. The van der Waals surface area contributed by atoms with Crippen molar-refractivity contribution in [3.63, 3.8) is 0 Å². The van der Waals surface area contributed by atoms with Crippen LogP contribution in [-0.2, 0) is 0 Å². The largest absolute Gasteiger partial charge is 0.390 e. The Hall–Kier alpha value is -0.970. The fourth-order valence-electron chi connectivity index (χ4n) is 1.57. The zero-order chi connectivity index (χ0) is 13.0. The van der Waals surface area contributed by atoms with Gasteiger partial charge in [0, 0.05) is 11.4 Å². The van der Waals surface area contributed by atoms with Crippen molar-refractivity contribution in [3.8, 4) is 0 Å². The van der Waals surface area contributed by atoms with Crippen LogP contribution in [-0.4, -0.2) is 28.0 Å². The van der Waals surface area contributed by atoms with E-state index in [4.69, 9.17) is 11.6 Å². The molecular weight excluding hydrogens is 247 g/mol. The third kappa shape index (κ3) is 3.49. The number of hydrogen-bond acceptors (Lipinski definition) is 3. The van der Waals surface area contributed by atoms with E-state index in [2.05, 4.69) is 0 Å². The van der Waals surface area contributed by atoms with E-state index in [-0.39, 0.29) is 29.2 Å². The van der Waals surface area contributed by atoms with E-state index in [9.17, 15) is 19.4 Å². The van der Waals surface area contributed by atoms with Crippen LogP contribution in [0.15, 0.2) is 18.2 Å². The molecule has 3 nitrogen and oxygen atoms in total. The summed E-state index contributed by atoms with van der Waals surface area (Å²) in [5.74, 6) is -0.732. The molecule has 0 heterocycles. The zero-order valence-electron chi connectivity index (χ0n) is 9.36. The minimum Gasteiger partial charge on any atom is -0.390 e. The summed E-state index contributed by atoms with van der Waals surface area (Å²) in [6, 6.07) is 3.49. The lowest BCUT2D eigenvalue weighted by molar-refractivity contribution is 0.0165. The summed E-state index contributed by atoms with van der Waals surface area (Å²) in [6.07, 6.45) is -2.12. The molecule has 0 amide bonds. The predicted octanol–water partition coefficient (Wildman–Crippen LogP) is 2.05. The van der Waals surface area contributed by atoms with E-state index >= 15 is 0 Å². The minimum atomic E-state index is -1.24. The Morgan fingerprint density at radius 2 is 2.12 bits per heavy atom. The van der Waals surface area contributed by atoms with Crippen molar-refractivity contribution in [2.45, 2.75) is 25.6 Å². The monoisotopic (exact) mass is 260 g/mol. The number of rotatable bonds is 5. The number of carbonyl (C=O) groups is 1. The lowest BCUT2D eigenvalue weighted by Crippen LogP contribution is -2.20. The smallest absolute Gasteiger partial charge is 0.160 e. The van der Waals surface area contributed by atoms with Gasteiger partial charge in [-0.15, -0.1) is 11.6 Å². The molecule has 17 heavy (non-hydrogen) atoms. The molecule has 5 heteroatoms. The first-order chi connectivity index (χ1) is 7.97. The minimum absolute atomic E-state index is 0.0751. The van der Waals surface area contributed by atoms with Gasteiger partial charge in [0.25, 0.3) is 0 Å². The van der Waals surface area contributed by atoms with E-state index in [1.807, 2.05) is 0 Å².